The van der Waals surface area contributed by atoms with Gasteiger partial charge in [0, 0.05) is 68.4 Å². The fourth-order valence-corrected chi connectivity index (χ4v) is 9.01. The molecule has 1 aliphatic carbocycles. The first-order chi connectivity index (χ1) is 16.8. The van der Waals surface area contributed by atoms with Crippen molar-refractivity contribution in [3.63, 3.8) is 0 Å². The van der Waals surface area contributed by atoms with Crippen molar-refractivity contribution in [2.75, 3.05) is 31.2 Å². The van der Waals surface area contributed by atoms with Gasteiger partial charge in [-0.05, 0) is 44.6 Å². The van der Waals surface area contributed by atoms with Crippen LogP contribution in [-0.4, -0.2) is 65.1 Å². The average Bonchev–Trinajstić information content (AvgIpc) is 3.21. The molecule has 190 valence electrons. The minimum atomic E-state index is -3.63. The molecule has 1 aromatic carbocycles. The maximum atomic E-state index is 15.2. The van der Waals surface area contributed by atoms with Crippen molar-refractivity contribution in [2.45, 2.75) is 56.5 Å². The number of fused-ring (bicyclic) bond motifs is 1. The van der Waals surface area contributed by atoms with Crippen LogP contribution in [0, 0.1) is 29.4 Å². The lowest BCUT2D eigenvalue weighted by molar-refractivity contribution is 0.0614. The van der Waals surface area contributed by atoms with Gasteiger partial charge in [0.2, 0.25) is 10.0 Å². The molecule has 3 saturated heterocycles. The number of ether oxygens (including phenoxy) is 1. The molecule has 0 bridgehead atoms. The van der Waals surface area contributed by atoms with E-state index < -0.39 is 26.9 Å². The Balaban J connectivity index is 1.18. The Kier molecular flexibility index (Phi) is 5.84. The van der Waals surface area contributed by atoms with E-state index in [0.29, 0.717) is 57.0 Å². The van der Waals surface area contributed by atoms with Gasteiger partial charge in [-0.25, -0.2) is 17.2 Å². The van der Waals surface area contributed by atoms with E-state index in [1.807, 2.05) is 16.4 Å². The monoisotopic (exact) mass is 507 g/mol. The van der Waals surface area contributed by atoms with Gasteiger partial charge in [0.25, 0.3) is 0 Å². The van der Waals surface area contributed by atoms with Crippen LogP contribution in [0.25, 0.3) is 0 Å². The molecule has 0 radical (unpaired) electrons. The van der Waals surface area contributed by atoms with Crippen LogP contribution in [0.1, 0.15) is 44.2 Å². The summed E-state index contributed by atoms with van der Waals surface area (Å²) in [6.45, 7) is 4.15. The van der Waals surface area contributed by atoms with Crippen LogP contribution in [0.5, 0.6) is 0 Å². The lowest BCUT2D eigenvalue weighted by atomic mass is 9.92. The van der Waals surface area contributed by atoms with Gasteiger partial charge in [-0.2, -0.15) is 4.31 Å². The van der Waals surface area contributed by atoms with E-state index >= 15 is 8.78 Å². The number of nitrogens with zero attached hydrogens (tertiary/aromatic N) is 5. The lowest BCUT2D eigenvalue weighted by Crippen LogP contribution is -2.51. The van der Waals surface area contributed by atoms with Crippen molar-refractivity contribution >= 4 is 15.7 Å². The van der Waals surface area contributed by atoms with Gasteiger partial charge in [0.05, 0.1) is 10.9 Å². The SMILES string of the molecule is C[C@H]1CCC(C2CCOCC2)S(=O)(=O)N1Cc1cc(F)c(N2C[C@@H]3C(n4cnnc4)[C@@H]3C2)cc1F. The summed E-state index contributed by atoms with van der Waals surface area (Å²) in [6.07, 6.45) is 6.16. The first-order valence-corrected chi connectivity index (χ1v) is 14.0. The minimum absolute atomic E-state index is 0.0521. The van der Waals surface area contributed by atoms with Crippen molar-refractivity contribution in [3.05, 3.63) is 42.0 Å². The fraction of sp³-hybridized carbons (Fsp3) is 0.667. The Labute approximate surface area is 204 Å². The van der Waals surface area contributed by atoms with E-state index in [0.717, 1.165) is 12.8 Å². The number of aromatic nitrogens is 3. The second-order valence-electron chi connectivity index (χ2n) is 10.5. The van der Waals surface area contributed by atoms with Gasteiger partial charge < -0.3 is 14.2 Å². The molecule has 35 heavy (non-hydrogen) atoms. The number of hydrogen-bond acceptors (Lipinski definition) is 6. The molecule has 2 unspecified atom stereocenters. The summed E-state index contributed by atoms with van der Waals surface area (Å²) >= 11 is 0. The van der Waals surface area contributed by atoms with Gasteiger partial charge in [-0.1, -0.05) is 0 Å². The highest BCUT2D eigenvalue weighted by atomic mass is 32.2. The number of sulfonamides is 1. The van der Waals surface area contributed by atoms with E-state index in [2.05, 4.69) is 10.2 Å². The Hall–Kier alpha value is -2.11. The topological polar surface area (TPSA) is 80.6 Å². The summed E-state index contributed by atoms with van der Waals surface area (Å²) in [6, 6.07) is 2.49. The molecule has 1 saturated carbocycles. The summed E-state index contributed by atoms with van der Waals surface area (Å²) in [5.41, 5.74) is 0.330. The smallest absolute Gasteiger partial charge is 0.217 e. The predicted octanol–water partition coefficient (Wildman–Crippen LogP) is 2.97. The van der Waals surface area contributed by atoms with E-state index in [4.69, 9.17) is 4.74 Å². The second kappa shape index (κ2) is 8.77. The van der Waals surface area contributed by atoms with Gasteiger partial charge in [0.15, 0.2) is 0 Å². The molecule has 3 aliphatic heterocycles. The maximum Gasteiger partial charge on any atom is 0.217 e. The number of piperidine rings is 1. The lowest BCUT2D eigenvalue weighted by Gasteiger charge is -2.41. The number of benzene rings is 1. The molecule has 5 atom stereocenters. The molecule has 4 aliphatic rings. The van der Waals surface area contributed by atoms with Crippen LogP contribution in [-0.2, 0) is 21.3 Å². The van der Waals surface area contributed by atoms with Crippen molar-refractivity contribution in [1.29, 1.82) is 0 Å². The van der Waals surface area contributed by atoms with E-state index in [9.17, 15) is 8.42 Å². The molecule has 4 fully saturated rings. The Bertz CT molecular complexity index is 1180. The molecule has 1 aromatic heterocycles. The number of hydrogen-bond donors (Lipinski definition) is 0. The van der Waals surface area contributed by atoms with E-state index in [1.54, 1.807) is 12.7 Å². The number of anilines is 1. The standard InChI is InChI=1S/C24H31F2N5O3S/c1-15-2-3-23(16-4-6-34-7-5-16)35(32,33)31(15)10-17-8-21(26)22(9-20(17)25)29-11-18-19(12-29)24(18)30-13-27-28-14-30/h8-9,13-16,18-19,23-24H,2-7,10-12H2,1H3/t15-,18-,19+,23?,24?/m0/s1. The van der Waals surface area contributed by atoms with Crippen LogP contribution in [0.3, 0.4) is 0 Å². The summed E-state index contributed by atoms with van der Waals surface area (Å²) < 4.78 is 66.2. The zero-order valence-corrected chi connectivity index (χ0v) is 20.6. The first-order valence-electron chi connectivity index (χ1n) is 12.5. The van der Waals surface area contributed by atoms with Crippen LogP contribution in [0.4, 0.5) is 14.5 Å². The first kappa shape index (κ1) is 23.3. The molecule has 11 heteroatoms. The molecule has 4 heterocycles. The Morgan fingerprint density at radius 2 is 1.69 bits per heavy atom. The summed E-state index contributed by atoms with van der Waals surface area (Å²) in [5, 5.41) is 7.23. The van der Waals surface area contributed by atoms with Crippen LogP contribution in [0.2, 0.25) is 0 Å². The number of rotatable bonds is 5. The third kappa shape index (κ3) is 4.05. The quantitative estimate of drug-likeness (QED) is 0.619. The zero-order valence-electron chi connectivity index (χ0n) is 19.8. The fourth-order valence-electron chi connectivity index (χ4n) is 6.54. The highest BCUT2D eigenvalue weighted by molar-refractivity contribution is 7.89. The molecule has 0 amide bonds. The molecular formula is C24H31F2N5O3S. The molecule has 8 nitrogen and oxygen atoms in total. The Morgan fingerprint density at radius 1 is 1.00 bits per heavy atom. The average molecular weight is 508 g/mol. The second-order valence-corrected chi connectivity index (χ2v) is 12.6. The van der Waals surface area contributed by atoms with Crippen molar-refractivity contribution in [2.24, 2.45) is 17.8 Å². The molecular weight excluding hydrogens is 476 g/mol. The highest BCUT2D eigenvalue weighted by Crippen LogP contribution is 2.56. The number of halogens is 2. The third-order valence-corrected chi connectivity index (χ3v) is 11.1. The van der Waals surface area contributed by atoms with Gasteiger partial charge >= 0.3 is 0 Å². The Morgan fingerprint density at radius 3 is 2.37 bits per heavy atom. The molecule has 2 aromatic rings. The molecule has 0 spiro atoms. The van der Waals surface area contributed by atoms with Crippen LogP contribution >= 0.6 is 0 Å². The van der Waals surface area contributed by atoms with Crippen molar-refractivity contribution in [3.8, 4) is 0 Å². The third-order valence-electron chi connectivity index (χ3n) is 8.57. The van der Waals surface area contributed by atoms with Gasteiger partial charge in [0.1, 0.15) is 24.3 Å². The van der Waals surface area contributed by atoms with Crippen LogP contribution < -0.4 is 4.90 Å². The zero-order chi connectivity index (χ0) is 24.3. The van der Waals surface area contributed by atoms with Gasteiger partial charge in [-0.3, -0.25) is 0 Å². The molecule has 0 N–H and O–H groups in total. The van der Waals surface area contributed by atoms with Crippen molar-refractivity contribution < 1.29 is 21.9 Å². The summed E-state index contributed by atoms with van der Waals surface area (Å²) in [4.78, 5) is 1.89. The largest absolute Gasteiger partial charge is 0.381 e. The molecule has 6 rings (SSSR count). The maximum absolute atomic E-state index is 15.2. The summed E-state index contributed by atoms with van der Waals surface area (Å²) in [7, 11) is -3.63. The van der Waals surface area contributed by atoms with Crippen LogP contribution in [0.15, 0.2) is 24.8 Å². The van der Waals surface area contributed by atoms with E-state index in [1.165, 1.54) is 16.4 Å². The highest BCUT2D eigenvalue weighted by Gasteiger charge is 2.57. The van der Waals surface area contributed by atoms with Gasteiger partial charge in [-0.15, -0.1) is 10.2 Å². The summed E-state index contributed by atoms with van der Waals surface area (Å²) in [5.74, 6) is -0.278. The predicted molar refractivity (Wildman–Crippen MR) is 125 cm³/mol. The normalized spacial score (nSPS) is 33.1. The van der Waals surface area contributed by atoms with Crippen molar-refractivity contribution in [1.82, 2.24) is 19.1 Å². The minimum Gasteiger partial charge on any atom is -0.381 e. The van der Waals surface area contributed by atoms with E-state index in [-0.39, 0.29) is 29.8 Å².